The normalized spacial score (nSPS) is 25.3. The third-order valence-corrected chi connectivity index (χ3v) is 13.6. The number of ether oxygens (including phenoxy) is 7. The number of carbonyl (C=O) groups is 5. The number of nitro benzene ring substituents is 3. The number of aliphatic hydroxyl groups is 4. The summed E-state index contributed by atoms with van der Waals surface area (Å²) in [5, 5.41) is 91.6. The van der Waals surface area contributed by atoms with Crippen molar-refractivity contribution < 1.29 is 92.3 Å². The average molecular weight is 1170 g/mol. The highest BCUT2D eigenvalue weighted by molar-refractivity contribution is 5.81. The Morgan fingerprint density at radius 3 is 1.71 bits per heavy atom. The van der Waals surface area contributed by atoms with Crippen LogP contribution in [0.15, 0.2) is 84.6 Å². The molecule has 31 heteroatoms. The molecule has 2 heterocycles. The van der Waals surface area contributed by atoms with E-state index in [9.17, 15) is 74.7 Å². The molecule has 83 heavy (non-hydrogen) atoms. The molecule has 31 nitrogen and oxygen atoms in total. The minimum atomic E-state index is -1.97. The van der Waals surface area contributed by atoms with Crippen LogP contribution in [-0.2, 0) is 57.8 Å². The molecule has 1 saturated carbocycles. The second kappa shape index (κ2) is 28.1. The number of aliphatic hydroxyl groups excluding tert-OH is 3. The molecule has 10 N–H and O–H groups in total. The van der Waals surface area contributed by atoms with Crippen molar-refractivity contribution in [1.82, 2.24) is 26.2 Å². The van der Waals surface area contributed by atoms with Crippen LogP contribution in [0.3, 0.4) is 0 Å². The fourth-order valence-corrected chi connectivity index (χ4v) is 9.54. The van der Waals surface area contributed by atoms with Gasteiger partial charge in [-0.25, -0.2) is 19.2 Å². The maximum Gasteiger partial charge on any atom is 0.410 e. The molecule has 0 aromatic heterocycles. The topological polar surface area (TPSA) is 438 Å². The summed E-state index contributed by atoms with van der Waals surface area (Å²) in [7, 11) is 1.26. The highest BCUT2D eigenvalue weighted by Crippen LogP contribution is 2.39. The number of nitro groups is 3. The Bertz CT molecular complexity index is 2820. The van der Waals surface area contributed by atoms with Gasteiger partial charge in [-0.15, -0.1) is 0 Å². The zero-order valence-corrected chi connectivity index (χ0v) is 45.7. The van der Waals surface area contributed by atoms with E-state index in [1.807, 2.05) is 0 Å². The van der Waals surface area contributed by atoms with Crippen LogP contribution < -0.4 is 27.0 Å². The van der Waals surface area contributed by atoms with Gasteiger partial charge in [0.25, 0.3) is 17.1 Å². The number of nitrogens with zero attached hydrogens (tertiary/aromatic N) is 4. The third-order valence-electron chi connectivity index (χ3n) is 13.6. The summed E-state index contributed by atoms with van der Waals surface area (Å²) in [5.41, 5.74) is 3.60. The van der Waals surface area contributed by atoms with Crippen molar-refractivity contribution in [3.63, 3.8) is 0 Å². The Kier molecular flexibility index (Phi) is 21.6. The molecule has 1 unspecified atom stereocenters. The van der Waals surface area contributed by atoms with E-state index < -0.39 is 149 Å². The van der Waals surface area contributed by atoms with E-state index in [1.54, 1.807) is 26.8 Å². The molecule has 0 radical (unpaired) electrons. The number of carbonyl (C=O) groups excluding carboxylic acids is 5. The highest BCUT2D eigenvalue weighted by Gasteiger charge is 2.56. The first-order chi connectivity index (χ1) is 39.1. The lowest BCUT2D eigenvalue weighted by atomic mass is 9.72. The van der Waals surface area contributed by atoms with Gasteiger partial charge in [-0.3, -0.25) is 35.1 Å². The van der Waals surface area contributed by atoms with Crippen LogP contribution in [-0.4, -0.2) is 169 Å². The maximum atomic E-state index is 14.0. The molecular weight excluding hydrogens is 1100 g/mol. The molecule has 3 aromatic carbocycles. The number of nitrogens with two attached hydrogens (primary N) is 1. The van der Waals surface area contributed by atoms with Crippen LogP contribution in [0.1, 0.15) is 63.6 Å². The lowest BCUT2D eigenvalue weighted by Crippen LogP contribution is -2.71. The lowest BCUT2D eigenvalue weighted by Gasteiger charge is -2.52. The van der Waals surface area contributed by atoms with E-state index in [4.69, 9.17) is 38.9 Å². The number of hydrogen-bond donors (Lipinski definition) is 9. The van der Waals surface area contributed by atoms with Crippen molar-refractivity contribution in [3.8, 4) is 0 Å². The molecule has 0 spiro atoms. The van der Waals surface area contributed by atoms with Gasteiger partial charge >= 0.3 is 24.4 Å². The maximum absolute atomic E-state index is 14.0. The number of likely N-dealkylation sites (N-methyl/N-ethyl adjacent to an activating group) is 1. The number of hydrogen-bond acceptors (Lipinski definition) is 23. The smallest absolute Gasteiger partial charge is 0.410 e. The molecule has 3 aliphatic rings. The van der Waals surface area contributed by atoms with Crippen LogP contribution in [0.5, 0.6) is 0 Å². The first-order valence-electron chi connectivity index (χ1n) is 26.0. The molecule has 0 bridgehead atoms. The first-order valence-corrected chi connectivity index (χ1v) is 26.0. The van der Waals surface area contributed by atoms with Gasteiger partial charge in [-0.1, -0.05) is 0 Å². The van der Waals surface area contributed by atoms with E-state index >= 15 is 0 Å². The van der Waals surface area contributed by atoms with Crippen molar-refractivity contribution in [3.05, 3.63) is 132 Å². The number of nitrogens with one attached hydrogen (secondary N) is 4. The van der Waals surface area contributed by atoms with Crippen LogP contribution in [0.25, 0.3) is 0 Å². The summed E-state index contributed by atoms with van der Waals surface area (Å²) >= 11 is 0. The van der Waals surface area contributed by atoms with Gasteiger partial charge in [-0.05, 0) is 106 Å². The van der Waals surface area contributed by atoms with Crippen LogP contribution in [0.4, 0.5) is 36.2 Å². The number of rotatable bonds is 21. The molecular formula is C52H67N9O22. The fraction of sp³-hybridized carbons (Fsp3) is 0.519. The summed E-state index contributed by atoms with van der Waals surface area (Å²) < 4.78 is 40.3. The predicted octanol–water partition coefficient (Wildman–Crippen LogP) is 2.56. The Morgan fingerprint density at radius 1 is 0.759 bits per heavy atom. The van der Waals surface area contributed by atoms with Gasteiger partial charge in [0.15, 0.2) is 6.29 Å². The van der Waals surface area contributed by atoms with Crippen molar-refractivity contribution in [1.29, 1.82) is 0 Å². The monoisotopic (exact) mass is 1170 g/mol. The quantitative estimate of drug-likeness (QED) is 0.0420. The molecule has 5 amide bonds. The summed E-state index contributed by atoms with van der Waals surface area (Å²) in [6.45, 7) is 3.88. The molecule has 3 aromatic rings. The fourth-order valence-electron chi connectivity index (χ4n) is 9.54. The second-order valence-corrected chi connectivity index (χ2v) is 21.0. The number of amides is 5. The van der Waals surface area contributed by atoms with Crippen molar-refractivity contribution >= 4 is 47.3 Å². The molecule has 1 aliphatic carbocycles. The Balaban J connectivity index is 1.30. The van der Waals surface area contributed by atoms with Gasteiger partial charge in [-0.2, -0.15) is 0 Å². The SMILES string of the molecule is CN(C(=O)OC(C)(C)C)[C@@H]1[C@@H](O)[C@@H](O[C@H]2[C@H](NC(=O)[C@@H](O)CCNC(=O)OCc3ccc([N+](=O)[O-])cc3)C[C@H](NC(=O)OCc3ccc([N+](=O)[O-])cc3)C([C@H]3OC(CN)=CC[C@H]3NC(=O)OCc3ccc([N+](=O)[O-])cc3)[C@@H]2O)OC[C@]1(C)O. The zero-order chi connectivity index (χ0) is 60.9. The number of alkyl carbamates (subject to hydrolysis) is 3. The molecule has 2 fully saturated rings. The Hall–Kier alpha value is -8.33. The van der Waals surface area contributed by atoms with Gasteiger partial charge in [0.2, 0.25) is 5.91 Å². The summed E-state index contributed by atoms with van der Waals surface area (Å²) in [6, 6.07) is 9.99. The third kappa shape index (κ3) is 17.6. The lowest BCUT2D eigenvalue weighted by molar-refractivity contribution is -0.385. The zero-order valence-electron chi connectivity index (χ0n) is 45.7. The molecule has 2 aliphatic heterocycles. The standard InChI is InChI=1S/C52H67N9O22/c1-51(2,3)83-50(69)58(5)44-41(64)46(80-27-52(44,4)70)82-43-37(55-45(65)38(62)20-21-54-47(66)77-24-28-6-12-31(13-7-28)59(71)72)22-36(57-49(68)79-26-30-10-16-33(17-11-30)61(75)76)39(40(43)63)42-35(19-18-34(23-53)81-42)56-48(67)78-25-29-8-14-32(15-9-29)60(73)74/h6-18,35-44,46,62-64,70H,19-27,53H2,1-5H3,(H,54,66)(H,55,65)(H,56,67)(H,57,68)/t35-,36+,37-,38+,39?,40+,41-,42+,43+,44-,46-,52+/m1/s1. The molecule has 6 rings (SSSR count). The Labute approximate surface area is 473 Å². The minimum Gasteiger partial charge on any atom is -0.491 e. The van der Waals surface area contributed by atoms with Crippen LogP contribution >= 0.6 is 0 Å². The second-order valence-electron chi connectivity index (χ2n) is 21.0. The molecule has 452 valence electrons. The largest absolute Gasteiger partial charge is 0.491 e. The van der Waals surface area contributed by atoms with Crippen molar-refractivity contribution in [2.24, 2.45) is 11.7 Å². The predicted molar refractivity (Wildman–Crippen MR) is 284 cm³/mol. The highest BCUT2D eigenvalue weighted by atomic mass is 16.7. The number of benzene rings is 3. The Morgan fingerprint density at radius 2 is 1.24 bits per heavy atom. The minimum absolute atomic E-state index is 0.0287. The van der Waals surface area contributed by atoms with Crippen LogP contribution in [0, 0.1) is 36.3 Å². The summed E-state index contributed by atoms with van der Waals surface area (Å²) in [5.74, 6) is -2.38. The molecule has 12 atom stereocenters. The number of non-ortho nitro benzene ring substituents is 3. The van der Waals surface area contributed by atoms with Crippen molar-refractivity contribution in [2.75, 3.05) is 26.7 Å². The molecule has 1 saturated heterocycles. The van der Waals surface area contributed by atoms with Crippen molar-refractivity contribution in [2.45, 2.75) is 139 Å². The van der Waals surface area contributed by atoms with E-state index in [1.165, 1.54) is 86.8 Å². The van der Waals surface area contributed by atoms with Gasteiger partial charge in [0.05, 0.1) is 52.2 Å². The first kappa shape index (κ1) is 63.8. The van der Waals surface area contributed by atoms with E-state index in [0.717, 1.165) is 4.90 Å². The van der Waals surface area contributed by atoms with Gasteiger partial charge < -0.3 is 85.5 Å². The van der Waals surface area contributed by atoms with Gasteiger partial charge in [0, 0.05) is 62.0 Å². The van der Waals surface area contributed by atoms with Crippen LogP contribution in [0.2, 0.25) is 0 Å². The van der Waals surface area contributed by atoms with E-state index in [-0.39, 0.29) is 55.5 Å². The average Bonchev–Trinajstić information content (AvgIpc) is 3.32. The summed E-state index contributed by atoms with van der Waals surface area (Å²) in [6.07, 6.45) is -14.2. The summed E-state index contributed by atoms with van der Waals surface area (Å²) in [4.78, 5) is 100. The van der Waals surface area contributed by atoms with E-state index in [0.29, 0.717) is 16.7 Å². The van der Waals surface area contributed by atoms with Gasteiger partial charge in [0.1, 0.15) is 61.2 Å². The van der Waals surface area contributed by atoms with E-state index in [2.05, 4.69) is 21.3 Å².